The van der Waals surface area contributed by atoms with E-state index in [2.05, 4.69) is 12.2 Å². The maximum Gasteiger partial charge on any atom is 0.416 e. The van der Waals surface area contributed by atoms with Crippen LogP contribution >= 0.6 is 0 Å². The van der Waals surface area contributed by atoms with Gasteiger partial charge in [-0.3, -0.25) is 4.79 Å². The molecule has 0 aromatic heterocycles. The van der Waals surface area contributed by atoms with Gasteiger partial charge in [0.15, 0.2) is 0 Å². The zero-order chi connectivity index (χ0) is 15.0. The van der Waals surface area contributed by atoms with E-state index in [-0.39, 0.29) is 5.91 Å². The van der Waals surface area contributed by atoms with Gasteiger partial charge in [0.1, 0.15) is 0 Å². The third kappa shape index (κ3) is 2.82. The molecule has 2 nitrogen and oxygen atoms in total. The van der Waals surface area contributed by atoms with Gasteiger partial charge in [-0.2, -0.15) is 13.2 Å². The number of likely N-dealkylation sites (tertiary alicyclic amines) is 1. The van der Waals surface area contributed by atoms with Gasteiger partial charge in [0.25, 0.3) is 5.91 Å². The van der Waals surface area contributed by atoms with Gasteiger partial charge in [0.2, 0.25) is 0 Å². The summed E-state index contributed by atoms with van der Waals surface area (Å²) in [6.07, 6.45) is 1.90. The molecule has 2 atom stereocenters. The second-order valence-electron chi connectivity index (χ2n) is 5.75. The summed E-state index contributed by atoms with van der Waals surface area (Å²) in [4.78, 5) is 14.1. The third-order valence-electron chi connectivity index (χ3n) is 4.37. The number of hydrogen-bond donors (Lipinski definition) is 0. The van der Waals surface area contributed by atoms with Crippen molar-refractivity contribution in [1.29, 1.82) is 0 Å². The Kier molecular flexibility index (Phi) is 3.51. The van der Waals surface area contributed by atoms with Crippen LogP contribution in [0.15, 0.2) is 36.4 Å². The van der Waals surface area contributed by atoms with Gasteiger partial charge in [0.05, 0.1) is 5.56 Å². The average Bonchev–Trinajstić information content (AvgIpc) is 2.89. The zero-order valence-electron chi connectivity index (χ0n) is 11.4. The fraction of sp³-hybridized carbons (Fsp3) is 0.438. The lowest BCUT2D eigenvalue weighted by molar-refractivity contribution is -0.137. The molecule has 21 heavy (non-hydrogen) atoms. The van der Waals surface area contributed by atoms with E-state index in [1.807, 2.05) is 0 Å². The number of allylic oxidation sites excluding steroid dienone is 2. The van der Waals surface area contributed by atoms with Crippen LogP contribution in [-0.2, 0) is 6.18 Å². The lowest BCUT2D eigenvalue weighted by Crippen LogP contribution is -2.29. The Labute approximate surface area is 121 Å². The quantitative estimate of drug-likeness (QED) is 0.723. The topological polar surface area (TPSA) is 20.3 Å². The summed E-state index contributed by atoms with van der Waals surface area (Å²) < 4.78 is 37.6. The van der Waals surface area contributed by atoms with Crippen LogP contribution in [-0.4, -0.2) is 23.9 Å². The lowest BCUT2D eigenvalue weighted by atomic mass is 9.86. The SMILES string of the molecule is O=C(c1ccc(C(F)(F)F)cc1)N1CC2CC=CCC2C1. The first kappa shape index (κ1) is 14.2. The fourth-order valence-electron chi connectivity index (χ4n) is 3.17. The van der Waals surface area contributed by atoms with Crippen molar-refractivity contribution >= 4 is 5.91 Å². The van der Waals surface area contributed by atoms with Crippen molar-refractivity contribution in [2.24, 2.45) is 11.8 Å². The van der Waals surface area contributed by atoms with Gasteiger partial charge in [-0.25, -0.2) is 0 Å². The van der Waals surface area contributed by atoms with E-state index in [0.717, 1.165) is 25.0 Å². The van der Waals surface area contributed by atoms with Crippen LogP contribution in [0.2, 0.25) is 0 Å². The summed E-state index contributed by atoms with van der Waals surface area (Å²) in [5, 5.41) is 0. The third-order valence-corrected chi connectivity index (χ3v) is 4.37. The predicted octanol–water partition coefficient (Wildman–Crippen LogP) is 3.74. The second-order valence-corrected chi connectivity index (χ2v) is 5.75. The van der Waals surface area contributed by atoms with Gasteiger partial charge < -0.3 is 4.90 Å². The highest BCUT2D eigenvalue weighted by Crippen LogP contribution is 2.34. The van der Waals surface area contributed by atoms with Crippen molar-refractivity contribution < 1.29 is 18.0 Å². The van der Waals surface area contributed by atoms with Crippen LogP contribution in [0.3, 0.4) is 0 Å². The van der Waals surface area contributed by atoms with Crippen LogP contribution in [0, 0.1) is 11.8 Å². The number of rotatable bonds is 1. The van der Waals surface area contributed by atoms with E-state index < -0.39 is 11.7 Å². The molecule has 1 aliphatic carbocycles. The number of fused-ring (bicyclic) bond motifs is 1. The summed E-state index contributed by atoms with van der Waals surface area (Å²) >= 11 is 0. The van der Waals surface area contributed by atoms with Gasteiger partial charge >= 0.3 is 6.18 Å². The van der Waals surface area contributed by atoms with Crippen LogP contribution < -0.4 is 0 Å². The Bertz CT molecular complexity index is 546. The van der Waals surface area contributed by atoms with Crippen molar-refractivity contribution in [1.82, 2.24) is 4.90 Å². The van der Waals surface area contributed by atoms with Gasteiger partial charge in [-0.05, 0) is 48.9 Å². The number of carbonyl (C=O) groups is 1. The molecule has 112 valence electrons. The monoisotopic (exact) mass is 295 g/mol. The summed E-state index contributed by atoms with van der Waals surface area (Å²) in [5.41, 5.74) is -0.395. The highest BCUT2D eigenvalue weighted by atomic mass is 19.4. The van der Waals surface area contributed by atoms with Crippen molar-refractivity contribution in [3.05, 3.63) is 47.5 Å². The maximum atomic E-state index is 12.5. The molecule has 1 saturated heterocycles. The standard InChI is InChI=1S/C16H16F3NO/c17-16(18,19)14-7-5-11(6-8-14)15(21)20-9-12-3-1-2-4-13(12)10-20/h1-2,5-8,12-13H,3-4,9-10H2. The number of benzene rings is 1. The predicted molar refractivity (Wildman–Crippen MR) is 72.7 cm³/mol. The molecule has 0 bridgehead atoms. The van der Waals surface area contributed by atoms with E-state index in [0.29, 0.717) is 30.5 Å². The Morgan fingerprint density at radius 1 is 1.00 bits per heavy atom. The molecule has 1 aromatic carbocycles. The minimum atomic E-state index is -4.37. The molecular weight excluding hydrogens is 279 g/mol. The van der Waals surface area contributed by atoms with Crippen LogP contribution in [0.5, 0.6) is 0 Å². The second kappa shape index (κ2) is 5.20. The van der Waals surface area contributed by atoms with Gasteiger partial charge in [0, 0.05) is 18.7 Å². The van der Waals surface area contributed by atoms with Crippen LogP contribution in [0.25, 0.3) is 0 Å². The molecule has 2 unspecified atom stereocenters. The maximum absolute atomic E-state index is 12.5. The molecule has 3 rings (SSSR count). The molecular formula is C16H16F3NO. The highest BCUT2D eigenvalue weighted by Gasteiger charge is 2.36. The normalized spacial score (nSPS) is 25.0. The van der Waals surface area contributed by atoms with Crippen LogP contribution in [0.1, 0.15) is 28.8 Å². The lowest BCUT2D eigenvalue weighted by Gasteiger charge is -2.17. The molecule has 1 aromatic rings. The van der Waals surface area contributed by atoms with E-state index in [4.69, 9.17) is 0 Å². The number of halogens is 3. The Morgan fingerprint density at radius 2 is 1.52 bits per heavy atom. The first-order chi connectivity index (χ1) is 9.95. The van der Waals surface area contributed by atoms with E-state index in [1.165, 1.54) is 12.1 Å². The molecule has 0 N–H and O–H groups in total. The van der Waals surface area contributed by atoms with Crippen molar-refractivity contribution in [3.63, 3.8) is 0 Å². The van der Waals surface area contributed by atoms with E-state index in [9.17, 15) is 18.0 Å². The molecule has 5 heteroatoms. The number of nitrogens with zero attached hydrogens (tertiary/aromatic N) is 1. The van der Waals surface area contributed by atoms with Gasteiger partial charge in [-0.15, -0.1) is 0 Å². The first-order valence-electron chi connectivity index (χ1n) is 7.06. The molecule has 0 radical (unpaired) electrons. The number of alkyl halides is 3. The number of amides is 1. The molecule has 1 fully saturated rings. The molecule has 0 spiro atoms. The average molecular weight is 295 g/mol. The van der Waals surface area contributed by atoms with Crippen molar-refractivity contribution in [2.75, 3.05) is 13.1 Å². The van der Waals surface area contributed by atoms with E-state index in [1.54, 1.807) is 4.90 Å². The molecule has 1 amide bonds. The molecule has 1 heterocycles. The fourth-order valence-corrected chi connectivity index (χ4v) is 3.17. The Balaban J connectivity index is 1.71. The Morgan fingerprint density at radius 3 is 2.00 bits per heavy atom. The summed E-state index contributed by atoms with van der Waals surface area (Å²) in [7, 11) is 0. The number of hydrogen-bond acceptors (Lipinski definition) is 1. The summed E-state index contributed by atoms with van der Waals surface area (Å²) in [5.74, 6) is 0.819. The zero-order valence-corrected chi connectivity index (χ0v) is 11.4. The Hall–Kier alpha value is -1.78. The number of carbonyl (C=O) groups excluding carboxylic acids is 1. The largest absolute Gasteiger partial charge is 0.416 e. The molecule has 0 saturated carbocycles. The minimum Gasteiger partial charge on any atom is -0.338 e. The van der Waals surface area contributed by atoms with Crippen molar-refractivity contribution in [3.8, 4) is 0 Å². The highest BCUT2D eigenvalue weighted by molar-refractivity contribution is 5.94. The molecule has 1 aliphatic heterocycles. The van der Waals surface area contributed by atoms with Crippen molar-refractivity contribution in [2.45, 2.75) is 19.0 Å². The van der Waals surface area contributed by atoms with Crippen LogP contribution in [0.4, 0.5) is 13.2 Å². The molecule has 2 aliphatic rings. The van der Waals surface area contributed by atoms with Gasteiger partial charge in [-0.1, -0.05) is 12.2 Å². The summed E-state index contributed by atoms with van der Waals surface area (Å²) in [6.45, 7) is 1.41. The minimum absolute atomic E-state index is 0.168. The smallest absolute Gasteiger partial charge is 0.338 e. The summed E-state index contributed by atoms with van der Waals surface area (Å²) in [6, 6.07) is 4.48. The van der Waals surface area contributed by atoms with E-state index >= 15 is 0 Å². The first-order valence-corrected chi connectivity index (χ1v) is 7.06.